The number of fused-ring (bicyclic) bond motifs is 2. The second-order valence-electron chi connectivity index (χ2n) is 11.2. The van der Waals surface area contributed by atoms with Crippen molar-refractivity contribution in [1.82, 2.24) is 10.2 Å². The monoisotopic (exact) mass is 439 g/mol. The summed E-state index contributed by atoms with van der Waals surface area (Å²) in [6.07, 6.45) is 6.61. The lowest BCUT2D eigenvalue weighted by atomic mass is 9.73. The molecule has 0 atom stereocenters. The number of carbonyl (C=O) groups excluding carboxylic acids is 3. The zero-order valence-electron chi connectivity index (χ0n) is 20.0. The standard InChI is InChI=1S/C26H37N3O3/c1-25(2,3)16-22(30)29-13-11-26(12-14-29)20-15-19(9-10-21(20)28(4)24(26)32)23(31)27-17-18-7-5-6-8-18/h9-10,15,18H,5-8,11-14,16-17H2,1-4H3,(H,27,31). The van der Waals surface area contributed by atoms with E-state index in [2.05, 4.69) is 26.1 Å². The molecule has 0 aromatic heterocycles. The zero-order chi connectivity index (χ0) is 23.1. The molecule has 2 fully saturated rings. The van der Waals surface area contributed by atoms with Crippen LogP contribution in [0.3, 0.4) is 0 Å². The van der Waals surface area contributed by atoms with Gasteiger partial charge in [-0.25, -0.2) is 0 Å². The molecule has 32 heavy (non-hydrogen) atoms. The highest BCUT2D eigenvalue weighted by Gasteiger charge is 2.51. The average molecular weight is 440 g/mol. The Balaban J connectivity index is 1.50. The van der Waals surface area contributed by atoms with Gasteiger partial charge in [0.15, 0.2) is 0 Å². The summed E-state index contributed by atoms with van der Waals surface area (Å²) in [7, 11) is 1.81. The topological polar surface area (TPSA) is 69.7 Å². The Morgan fingerprint density at radius 3 is 2.41 bits per heavy atom. The molecule has 1 aliphatic carbocycles. The molecule has 3 aliphatic rings. The van der Waals surface area contributed by atoms with Crippen molar-refractivity contribution >= 4 is 23.4 Å². The van der Waals surface area contributed by atoms with E-state index in [1.807, 2.05) is 30.1 Å². The van der Waals surface area contributed by atoms with Crippen molar-refractivity contribution in [2.75, 3.05) is 31.6 Å². The molecule has 3 amide bonds. The molecule has 174 valence electrons. The van der Waals surface area contributed by atoms with E-state index in [9.17, 15) is 14.4 Å². The van der Waals surface area contributed by atoms with Gasteiger partial charge < -0.3 is 15.1 Å². The van der Waals surface area contributed by atoms with E-state index >= 15 is 0 Å². The molecule has 0 radical (unpaired) electrons. The van der Waals surface area contributed by atoms with Crippen LogP contribution in [0.4, 0.5) is 5.69 Å². The highest BCUT2D eigenvalue weighted by Crippen LogP contribution is 2.48. The van der Waals surface area contributed by atoms with Crippen LogP contribution in [0.15, 0.2) is 18.2 Å². The molecule has 4 rings (SSSR count). The summed E-state index contributed by atoms with van der Waals surface area (Å²) < 4.78 is 0. The summed E-state index contributed by atoms with van der Waals surface area (Å²) in [6.45, 7) is 8.09. The summed E-state index contributed by atoms with van der Waals surface area (Å²) >= 11 is 0. The Labute approximate surface area is 191 Å². The van der Waals surface area contributed by atoms with Gasteiger partial charge in [0.05, 0.1) is 5.41 Å². The molecule has 0 bridgehead atoms. The first-order valence-corrected chi connectivity index (χ1v) is 12.1. The number of nitrogens with zero attached hydrogens (tertiary/aromatic N) is 2. The molecule has 1 saturated heterocycles. The highest BCUT2D eigenvalue weighted by atomic mass is 16.2. The molecule has 1 saturated carbocycles. The van der Waals surface area contributed by atoms with Crippen LogP contribution in [0.25, 0.3) is 0 Å². The molecule has 0 unspecified atom stereocenters. The number of benzene rings is 1. The minimum Gasteiger partial charge on any atom is -0.352 e. The van der Waals surface area contributed by atoms with Crippen LogP contribution < -0.4 is 10.2 Å². The van der Waals surface area contributed by atoms with Gasteiger partial charge in [-0.2, -0.15) is 0 Å². The molecule has 1 N–H and O–H groups in total. The van der Waals surface area contributed by atoms with E-state index in [1.165, 1.54) is 25.7 Å². The number of carbonyl (C=O) groups is 3. The molecule has 6 nitrogen and oxygen atoms in total. The minimum absolute atomic E-state index is 0.0526. The van der Waals surface area contributed by atoms with Gasteiger partial charge in [-0.15, -0.1) is 0 Å². The number of amides is 3. The van der Waals surface area contributed by atoms with Gasteiger partial charge >= 0.3 is 0 Å². The first-order chi connectivity index (χ1) is 15.1. The van der Waals surface area contributed by atoms with Crippen molar-refractivity contribution in [3.8, 4) is 0 Å². The van der Waals surface area contributed by atoms with Crippen LogP contribution in [-0.4, -0.2) is 49.3 Å². The first kappa shape index (κ1) is 22.8. The number of nitrogens with one attached hydrogen (secondary N) is 1. The fraction of sp³-hybridized carbons (Fsp3) is 0.654. The predicted octanol–water partition coefficient (Wildman–Crippen LogP) is 3.88. The van der Waals surface area contributed by atoms with Gasteiger partial charge in [0, 0.05) is 44.4 Å². The predicted molar refractivity (Wildman–Crippen MR) is 126 cm³/mol. The summed E-state index contributed by atoms with van der Waals surface area (Å²) in [5.74, 6) is 0.766. The fourth-order valence-electron chi connectivity index (χ4n) is 5.64. The van der Waals surface area contributed by atoms with Gasteiger partial charge in [-0.1, -0.05) is 33.6 Å². The van der Waals surface area contributed by atoms with E-state index in [4.69, 9.17) is 0 Å². The molecule has 1 aromatic carbocycles. The van der Waals surface area contributed by atoms with Crippen molar-refractivity contribution < 1.29 is 14.4 Å². The van der Waals surface area contributed by atoms with E-state index in [0.29, 0.717) is 43.8 Å². The summed E-state index contributed by atoms with van der Waals surface area (Å²) in [5, 5.41) is 3.10. The second-order valence-corrected chi connectivity index (χ2v) is 11.2. The Kier molecular flexibility index (Phi) is 6.08. The van der Waals surface area contributed by atoms with Gasteiger partial charge in [0.1, 0.15) is 0 Å². The van der Waals surface area contributed by atoms with Gasteiger partial charge in [-0.05, 0) is 60.8 Å². The van der Waals surface area contributed by atoms with Crippen molar-refractivity contribution in [2.24, 2.45) is 11.3 Å². The SMILES string of the molecule is CN1C(=O)C2(CCN(C(=O)CC(C)(C)C)CC2)c2cc(C(=O)NCC3CCCC3)ccc21. The van der Waals surface area contributed by atoms with Crippen LogP contribution in [0.5, 0.6) is 0 Å². The Hall–Kier alpha value is -2.37. The number of piperidine rings is 1. The van der Waals surface area contributed by atoms with Crippen LogP contribution in [0, 0.1) is 11.3 Å². The lowest BCUT2D eigenvalue weighted by Gasteiger charge is -2.39. The van der Waals surface area contributed by atoms with Crippen molar-refractivity contribution in [2.45, 2.75) is 71.1 Å². The number of rotatable bonds is 4. The lowest BCUT2D eigenvalue weighted by molar-refractivity contribution is -0.137. The third kappa shape index (κ3) is 4.28. The number of anilines is 1. The maximum atomic E-state index is 13.3. The summed E-state index contributed by atoms with van der Waals surface area (Å²) in [4.78, 5) is 42.5. The number of hydrogen-bond acceptors (Lipinski definition) is 3. The molecular formula is C26H37N3O3. The van der Waals surface area contributed by atoms with E-state index in [-0.39, 0.29) is 23.1 Å². The maximum absolute atomic E-state index is 13.3. The smallest absolute Gasteiger partial charge is 0.251 e. The van der Waals surface area contributed by atoms with Gasteiger partial charge in [0.25, 0.3) is 5.91 Å². The van der Waals surface area contributed by atoms with E-state index in [1.54, 1.807) is 4.90 Å². The highest BCUT2D eigenvalue weighted by molar-refractivity contribution is 6.09. The Bertz CT molecular complexity index is 903. The van der Waals surface area contributed by atoms with Crippen LogP contribution in [0.1, 0.15) is 81.6 Å². The number of hydrogen-bond donors (Lipinski definition) is 1. The van der Waals surface area contributed by atoms with Gasteiger partial charge in [0.2, 0.25) is 11.8 Å². The van der Waals surface area contributed by atoms with Crippen molar-refractivity contribution in [3.63, 3.8) is 0 Å². The van der Waals surface area contributed by atoms with Crippen molar-refractivity contribution in [3.05, 3.63) is 29.3 Å². The van der Waals surface area contributed by atoms with Crippen molar-refractivity contribution in [1.29, 1.82) is 0 Å². The fourth-order valence-corrected chi connectivity index (χ4v) is 5.64. The van der Waals surface area contributed by atoms with E-state index < -0.39 is 5.41 Å². The molecular weight excluding hydrogens is 402 g/mol. The quantitative estimate of drug-likeness (QED) is 0.774. The third-order valence-electron chi connectivity index (χ3n) is 7.53. The van der Waals surface area contributed by atoms with Crippen LogP contribution >= 0.6 is 0 Å². The molecule has 6 heteroatoms. The number of likely N-dealkylation sites (N-methyl/N-ethyl adjacent to an activating group) is 1. The molecule has 2 heterocycles. The molecule has 2 aliphatic heterocycles. The first-order valence-electron chi connectivity index (χ1n) is 12.1. The maximum Gasteiger partial charge on any atom is 0.251 e. The second kappa shape index (κ2) is 8.53. The summed E-state index contributed by atoms with van der Waals surface area (Å²) in [5.41, 5.74) is 1.77. The third-order valence-corrected chi connectivity index (χ3v) is 7.53. The zero-order valence-corrected chi connectivity index (χ0v) is 20.0. The largest absolute Gasteiger partial charge is 0.352 e. The molecule has 1 aromatic rings. The van der Waals surface area contributed by atoms with Gasteiger partial charge in [-0.3, -0.25) is 14.4 Å². The lowest BCUT2D eigenvalue weighted by Crippen LogP contribution is -2.50. The Morgan fingerprint density at radius 1 is 1.12 bits per heavy atom. The Morgan fingerprint density at radius 2 is 1.78 bits per heavy atom. The number of likely N-dealkylation sites (tertiary alicyclic amines) is 1. The minimum atomic E-state index is -0.635. The summed E-state index contributed by atoms with van der Waals surface area (Å²) in [6, 6.07) is 5.66. The normalized spacial score (nSPS) is 20.7. The average Bonchev–Trinajstić information content (AvgIpc) is 3.34. The van der Waals surface area contributed by atoms with Crippen LogP contribution in [0.2, 0.25) is 0 Å². The van der Waals surface area contributed by atoms with E-state index in [0.717, 1.165) is 17.8 Å². The molecule has 1 spiro atoms. The van der Waals surface area contributed by atoms with Crippen LogP contribution in [-0.2, 0) is 15.0 Å².